The maximum Gasteiger partial charge on any atom is 0.416 e. The molecule has 0 N–H and O–H groups in total. The predicted molar refractivity (Wildman–Crippen MR) is 332 cm³/mol. The first-order valence-electron chi connectivity index (χ1n) is 26.5. The number of hydrogen-bond donors (Lipinski definition) is 0. The largest absolute Gasteiger partial charge is 0.416 e. The molecule has 0 fully saturated rings. The maximum atomic E-state index is 12.5. The van der Waals surface area contributed by atoms with E-state index in [-0.39, 0.29) is 4.28 Å². The number of rotatable bonds is 6. The van der Waals surface area contributed by atoms with E-state index in [1.165, 1.54) is 55.9 Å². The molecular weight excluding hydrogens is 992 g/mol. The van der Waals surface area contributed by atoms with Crippen LogP contribution in [0.1, 0.15) is 71.7 Å². The Labute approximate surface area is 475 Å². The molecule has 12 rings (SSSR count). The Hall–Kier alpha value is -9.40. The van der Waals surface area contributed by atoms with Crippen molar-refractivity contribution in [2.75, 3.05) is 0 Å². The molecule has 0 unspecified atom stereocenters. The van der Waals surface area contributed by atoms with E-state index < -0.39 is 11.7 Å². The lowest BCUT2D eigenvalue weighted by atomic mass is 10.0. The molecule has 0 saturated heterocycles. The second-order valence-corrected chi connectivity index (χ2v) is 18.7. The van der Waals surface area contributed by atoms with E-state index in [1.807, 2.05) is 160 Å². The van der Waals surface area contributed by atoms with Crippen LogP contribution in [-0.4, -0.2) is 24.9 Å². The van der Waals surface area contributed by atoms with Crippen molar-refractivity contribution in [1.29, 1.82) is 0 Å². The summed E-state index contributed by atoms with van der Waals surface area (Å²) in [5.74, 6) is 0. The molecule has 0 atom stereocenters. The van der Waals surface area contributed by atoms with Gasteiger partial charge in [-0.25, -0.2) is 0 Å². The molecule has 12 aromatic rings. The van der Waals surface area contributed by atoms with Gasteiger partial charge in [0.15, 0.2) is 0 Å². The molecule has 5 aromatic heterocycles. The van der Waals surface area contributed by atoms with Crippen LogP contribution in [0.3, 0.4) is 0 Å². The number of aryl methyl sites for hydroxylation is 5. The molecule has 80 heavy (non-hydrogen) atoms. The SMILES string of the molecule is Cc1ccc(C)cc1.Cc1ccccc1.Cc1ccccn1.Cc1nccc2ccccc12.FC(F)(F)c1cccc(Cc2ccccc2)c1.[HH].[HH].[HH].c1ccc(Cc2cccc3ccccc23)nc1.c1ccc(Cc2ccccn2)nc1. The van der Waals surface area contributed by atoms with Crippen LogP contribution < -0.4 is 0 Å². The fourth-order valence-electron chi connectivity index (χ4n) is 7.91. The normalized spacial score (nSPS) is 10.2. The van der Waals surface area contributed by atoms with Gasteiger partial charge in [-0.1, -0.05) is 211 Å². The zero-order chi connectivity index (χ0) is 56.6. The molecule has 0 spiro atoms. The Morgan fingerprint density at radius 2 is 0.762 bits per heavy atom. The molecule has 0 bridgehead atoms. The van der Waals surface area contributed by atoms with Crippen molar-refractivity contribution in [1.82, 2.24) is 24.9 Å². The van der Waals surface area contributed by atoms with E-state index in [2.05, 4.69) is 143 Å². The van der Waals surface area contributed by atoms with Gasteiger partial charge in [0.1, 0.15) is 0 Å². The van der Waals surface area contributed by atoms with Gasteiger partial charge in [-0.05, 0) is 135 Å². The highest BCUT2D eigenvalue weighted by Crippen LogP contribution is 2.30. The van der Waals surface area contributed by atoms with Crippen LogP contribution in [0.5, 0.6) is 0 Å². The number of halogens is 3. The van der Waals surface area contributed by atoms with Crippen LogP contribution in [0.4, 0.5) is 13.2 Å². The Balaban J connectivity index is 0.000000259. The minimum absolute atomic E-state index is 0. The zero-order valence-electron chi connectivity index (χ0n) is 46.1. The van der Waals surface area contributed by atoms with Gasteiger partial charge in [0.05, 0.1) is 5.56 Å². The van der Waals surface area contributed by atoms with E-state index >= 15 is 0 Å². The monoisotopic (exact) mass is 1070 g/mol. The highest BCUT2D eigenvalue weighted by molar-refractivity contribution is 5.86. The van der Waals surface area contributed by atoms with Crippen molar-refractivity contribution in [2.24, 2.45) is 0 Å². The van der Waals surface area contributed by atoms with Crippen molar-refractivity contribution in [3.8, 4) is 0 Å². The summed E-state index contributed by atoms with van der Waals surface area (Å²) in [5.41, 5.74) is 11.8. The Morgan fingerprint density at radius 1 is 0.325 bits per heavy atom. The summed E-state index contributed by atoms with van der Waals surface area (Å²) in [6.07, 6.45) is 7.03. The molecule has 0 radical (unpaired) electrons. The number of aromatic nitrogens is 5. The van der Waals surface area contributed by atoms with Gasteiger partial charge in [-0.3, -0.25) is 24.9 Å². The number of benzene rings is 7. The first kappa shape index (κ1) is 59.8. The van der Waals surface area contributed by atoms with Gasteiger partial charge in [-0.15, -0.1) is 0 Å². The molecule has 7 aromatic carbocycles. The third-order valence-electron chi connectivity index (χ3n) is 12.1. The zero-order valence-corrected chi connectivity index (χ0v) is 46.1. The standard InChI is InChI=1S/C16H13N.C14H11F3.C11H10N2.C10H9N.C8H10.C7H8.C6H7N.3H2/c1-2-10-16-13(6-1)7-5-8-14(16)12-15-9-3-4-11-17-15;15-14(16,17)13-8-4-7-12(10-13)9-11-5-2-1-3-6-11;1-3-7-12-10(5-1)9-11-6-2-4-8-13-11;1-8-10-5-3-2-4-9(10)6-7-11-8;1-7-3-5-8(2)6-4-7;1-7-5-3-2-4-6-7;1-6-4-2-3-5-7-6;;;/h1-11H,12H2;1-8,10H,9H2;1-8H,9H2;2-7H,1H3;3-6H,1-2H3;2-6H,1H3;2-5H,1H3;3*1H. The second-order valence-electron chi connectivity index (χ2n) is 18.7. The third-order valence-corrected chi connectivity index (χ3v) is 12.1. The molecule has 8 heteroatoms. The van der Waals surface area contributed by atoms with Gasteiger partial charge in [0.25, 0.3) is 0 Å². The van der Waals surface area contributed by atoms with E-state index in [0.29, 0.717) is 12.0 Å². The number of hydrogen-bond acceptors (Lipinski definition) is 5. The fraction of sp³-hybridized carbons (Fsp3) is 0.125. The van der Waals surface area contributed by atoms with Crippen molar-refractivity contribution >= 4 is 21.5 Å². The number of alkyl halides is 3. The average molecular weight is 1070 g/mol. The summed E-state index contributed by atoms with van der Waals surface area (Å²) in [4.78, 5) is 21.0. The fourth-order valence-corrected chi connectivity index (χ4v) is 7.91. The second kappa shape index (κ2) is 33.0. The van der Waals surface area contributed by atoms with Gasteiger partial charge >= 0.3 is 6.18 Å². The summed E-state index contributed by atoms with van der Waals surface area (Å²) >= 11 is 0. The predicted octanol–water partition coefficient (Wildman–Crippen LogP) is 19.2. The minimum Gasteiger partial charge on any atom is -0.262 e. The summed E-state index contributed by atoms with van der Waals surface area (Å²) < 4.78 is 37.5. The van der Waals surface area contributed by atoms with Gasteiger partial charge in [0, 0.05) is 82.0 Å². The van der Waals surface area contributed by atoms with Crippen molar-refractivity contribution < 1.29 is 17.5 Å². The van der Waals surface area contributed by atoms with E-state index in [9.17, 15) is 13.2 Å². The van der Waals surface area contributed by atoms with Gasteiger partial charge in [-0.2, -0.15) is 13.2 Å². The molecule has 0 saturated carbocycles. The molecule has 0 amide bonds. The highest BCUT2D eigenvalue weighted by atomic mass is 19.4. The molecule has 0 aliphatic rings. The maximum absolute atomic E-state index is 12.5. The van der Waals surface area contributed by atoms with Crippen LogP contribution in [0, 0.1) is 34.6 Å². The van der Waals surface area contributed by atoms with Crippen LogP contribution in [0.25, 0.3) is 21.5 Å². The topological polar surface area (TPSA) is 64.5 Å². The first-order valence-corrected chi connectivity index (χ1v) is 26.5. The highest BCUT2D eigenvalue weighted by Gasteiger charge is 2.30. The van der Waals surface area contributed by atoms with Crippen molar-refractivity contribution in [2.45, 2.75) is 60.1 Å². The summed E-state index contributed by atoms with van der Waals surface area (Å²) in [7, 11) is 0. The van der Waals surface area contributed by atoms with Crippen LogP contribution in [0.15, 0.2) is 286 Å². The number of fused-ring (bicyclic) bond motifs is 2. The van der Waals surface area contributed by atoms with Gasteiger partial charge in [0.2, 0.25) is 0 Å². The summed E-state index contributed by atoms with van der Waals surface area (Å²) in [5, 5.41) is 5.12. The lowest BCUT2D eigenvalue weighted by molar-refractivity contribution is -0.137. The van der Waals surface area contributed by atoms with Crippen molar-refractivity contribution in [3.63, 3.8) is 0 Å². The molecule has 0 aliphatic carbocycles. The summed E-state index contributed by atoms with van der Waals surface area (Å²) in [6.45, 7) is 10.3. The molecule has 5 heterocycles. The minimum atomic E-state index is -4.27. The molecule has 408 valence electrons. The Morgan fingerprint density at radius 3 is 1.24 bits per heavy atom. The number of nitrogens with zero attached hydrogens (tertiary/aromatic N) is 5. The Kier molecular flexibility index (Phi) is 24.7. The first-order chi connectivity index (χ1) is 38.9. The van der Waals surface area contributed by atoms with E-state index in [0.717, 1.165) is 52.9 Å². The lowest BCUT2D eigenvalue weighted by Gasteiger charge is -2.08. The third kappa shape index (κ3) is 22.3. The van der Waals surface area contributed by atoms with Crippen LogP contribution in [0.2, 0.25) is 0 Å². The van der Waals surface area contributed by atoms with Crippen LogP contribution in [-0.2, 0) is 25.4 Å². The Bertz CT molecular complexity index is 3500. The van der Waals surface area contributed by atoms with E-state index in [4.69, 9.17) is 0 Å². The lowest BCUT2D eigenvalue weighted by Crippen LogP contribution is -2.05. The van der Waals surface area contributed by atoms with Crippen LogP contribution >= 0.6 is 0 Å². The van der Waals surface area contributed by atoms with E-state index in [1.54, 1.807) is 24.7 Å². The number of pyridine rings is 5. The molecular formula is C72H74F3N5. The average Bonchev–Trinajstić information content (AvgIpc) is 3.63. The van der Waals surface area contributed by atoms with Gasteiger partial charge < -0.3 is 0 Å². The quantitative estimate of drug-likeness (QED) is 0.166. The molecule has 5 nitrogen and oxygen atoms in total. The van der Waals surface area contributed by atoms with Crippen molar-refractivity contribution in [3.05, 3.63) is 353 Å². The summed E-state index contributed by atoms with van der Waals surface area (Å²) in [6, 6.07) is 82.6. The molecule has 0 aliphatic heterocycles. The smallest absolute Gasteiger partial charge is 0.262 e.